The molecule has 0 amide bonds. The van der Waals surface area contributed by atoms with Crippen molar-refractivity contribution in [2.24, 2.45) is 11.5 Å². The van der Waals surface area contributed by atoms with Gasteiger partial charge in [0, 0.05) is 25.2 Å². The monoisotopic (exact) mass is 269 g/mol. The summed E-state index contributed by atoms with van der Waals surface area (Å²) in [6.45, 7) is 0.984. The van der Waals surface area contributed by atoms with Crippen LogP contribution in [0.4, 0.5) is 0 Å². The van der Waals surface area contributed by atoms with Crippen LogP contribution in [0.15, 0.2) is 0 Å². The molecule has 1 saturated heterocycles. The third-order valence-corrected chi connectivity index (χ3v) is 1.99. The molecule has 1 fully saturated rings. The number of aliphatic hydroxyl groups excluding tert-OH is 2. The Kier molecular flexibility index (Phi) is 12.8. The molecular formula is C6H18Cl3N3O2. The van der Waals surface area contributed by atoms with E-state index in [9.17, 15) is 10.2 Å². The summed E-state index contributed by atoms with van der Waals surface area (Å²) in [7, 11) is 0. The van der Waals surface area contributed by atoms with Gasteiger partial charge in [0.2, 0.25) is 0 Å². The van der Waals surface area contributed by atoms with Crippen LogP contribution in [0.1, 0.15) is 0 Å². The lowest BCUT2D eigenvalue weighted by molar-refractivity contribution is -0.0000414. The van der Waals surface area contributed by atoms with E-state index in [-0.39, 0.29) is 37.2 Å². The fourth-order valence-corrected chi connectivity index (χ4v) is 1.16. The zero-order valence-corrected chi connectivity index (χ0v) is 9.95. The van der Waals surface area contributed by atoms with Gasteiger partial charge in [-0.05, 0) is 0 Å². The standard InChI is InChI=1S/C6H15N3O2.3ClH/c7-3-1-9-2-4(8)6(11)5(3)10;;;/h3-6,9-11H,1-2,7-8H2;3*1H/t3-,4-,5+,6+;;;/m0.../s1. The second kappa shape index (κ2) is 8.94. The van der Waals surface area contributed by atoms with Crippen LogP contribution in [-0.2, 0) is 0 Å². The highest BCUT2D eigenvalue weighted by atomic mass is 35.5. The Hall–Kier alpha value is 0.670. The van der Waals surface area contributed by atoms with Gasteiger partial charge in [0.1, 0.15) is 0 Å². The molecule has 0 bridgehead atoms. The zero-order valence-electron chi connectivity index (χ0n) is 7.50. The Morgan fingerprint density at radius 3 is 1.43 bits per heavy atom. The first-order chi connectivity index (χ1) is 5.13. The third kappa shape index (κ3) is 4.95. The highest BCUT2D eigenvalue weighted by Crippen LogP contribution is 2.04. The predicted molar refractivity (Wildman–Crippen MR) is 62.6 cm³/mol. The van der Waals surface area contributed by atoms with Crippen molar-refractivity contribution in [3.8, 4) is 0 Å². The molecule has 90 valence electrons. The number of nitrogens with two attached hydrogens (primary N) is 2. The van der Waals surface area contributed by atoms with Gasteiger partial charge in [-0.15, -0.1) is 37.2 Å². The first-order valence-corrected chi connectivity index (χ1v) is 3.71. The van der Waals surface area contributed by atoms with Crippen molar-refractivity contribution in [3.63, 3.8) is 0 Å². The molecule has 0 aromatic heterocycles. The van der Waals surface area contributed by atoms with Crippen molar-refractivity contribution in [1.82, 2.24) is 5.32 Å². The zero-order chi connectivity index (χ0) is 8.43. The highest BCUT2D eigenvalue weighted by Gasteiger charge is 2.30. The molecule has 0 aromatic rings. The Labute approximate surface area is 102 Å². The van der Waals surface area contributed by atoms with E-state index in [1.54, 1.807) is 0 Å². The molecule has 0 radical (unpaired) electrons. The lowest BCUT2D eigenvalue weighted by atomic mass is 10.0. The number of hydrogen-bond acceptors (Lipinski definition) is 5. The van der Waals surface area contributed by atoms with Crippen molar-refractivity contribution in [2.45, 2.75) is 24.3 Å². The van der Waals surface area contributed by atoms with Gasteiger partial charge in [-0.25, -0.2) is 0 Å². The maximum Gasteiger partial charge on any atom is 0.0977 e. The molecule has 0 spiro atoms. The molecule has 0 aromatic carbocycles. The van der Waals surface area contributed by atoms with Gasteiger partial charge in [0.25, 0.3) is 0 Å². The fraction of sp³-hybridized carbons (Fsp3) is 1.00. The van der Waals surface area contributed by atoms with Gasteiger partial charge in [0.05, 0.1) is 12.2 Å². The van der Waals surface area contributed by atoms with Crippen molar-refractivity contribution >= 4 is 37.2 Å². The Morgan fingerprint density at radius 1 is 0.857 bits per heavy atom. The Bertz CT molecular complexity index is 129. The molecular weight excluding hydrogens is 252 g/mol. The van der Waals surface area contributed by atoms with Gasteiger partial charge in [0.15, 0.2) is 0 Å². The van der Waals surface area contributed by atoms with Gasteiger partial charge in [-0.1, -0.05) is 0 Å². The van der Waals surface area contributed by atoms with Crippen molar-refractivity contribution in [2.75, 3.05) is 13.1 Å². The van der Waals surface area contributed by atoms with E-state index in [4.69, 9.17) is 11.5 Å². The van der Waals surface area contributed by atoms with Crippen LogP contribution in [0.5, 0.6) is 0 Å². The largest absolute Gasteiger partial charge is 0.389 e. The first kappa shape index (κ1) is 20.1. The van der Waals surface area contributed by atoms with Crippen LogP contribution in [0.3, 0.4) is 0 Å². The summed E-state index contributed by atoms with van der Waals surface area (Å²) in [4.78, 5) is 0. The van der Waals surface area contributed by atoms with Crippen LogP contribution in [0.25, 0.3) is 0 Å². The van der Waals surface area contributed by atoms with E-state index >= 15 is 0 Å². The molecule has 1 heterocycles. The molecule has 0 saturated carbocycles. The number of halogens is 3. The van der Waals surface area contributed by atoms with Crippen LogP contribution in [0, 0.1) is 0 Å². The molecule has 1 rings (SSSR count). The number of aliphatic hydroxyl groups is 2. The normalized spacial score (nSPS) is 36.9. The number of hydrogen-bond donors (Lipinski definition) is 5. The topological polar surface area (TPSA) is 105 Å². The minimum Gasteiger partial charge on any atom is -0.389 e. The van der Waals surface area contributed by atoms with E-state index in [1.165, 1.54) is 0 Å². The molecule has 14 heavy (non-hydrogen) atoms. The second-order valence-corrected chi connectivity index (χ2v) is 2.97. The lowest BCUT2D eigenvalue weighted by Gasteiger charge is -2.22. The smallest absolute Gasteiger partial charge is 0.0977 e. The maximum atomic E-state index is 9.30. The summed E-state index contributed by atoms with van der Waals surface area (Å²) in [5.41, 5.74) is 11.0. The van der Waals surface area contributed by atoms with Crippen LogP contribution < -0.4 is 16.8 Å². The number of nitrogens with one attached hydrogen (secondary N) is 1. The van der Waals surface area contributed by atoms with Gasteiger partial charge in [-0.3, -0.25) is 0 Å². The third-order valence-electron chi connectivity index (χ3n) is 1.99. The summed E-state index contributed by atoms with van der Waals surface area (Å²) in [6.07, 6.45) is -1.83. The molecule has 1 aliphatic heterocycles. The van der Waals surface area contributed by atoms with E-state index in [0.717, 1.165) is 0 Å². The SMILES string of the molecule is Cl.Cl.Cl.N[C@H]1CNC[C@H](N)[C@@H](O)[C@@H]1O. The number of rotatable bonds is 0. The van der Waals surface area contributed by atoms with Crippen molar-refractivity contribution in [3.05, 3.63) is 0 Å². The Morgan fingerprint density at radius 2 is 1.14 bits per heavy atom. The van der Waals surface area contributed by atoms with E-state index < -0.39 is 24.3 Å². The van der Waals surface area contributed by atoms with Crippen LogP contribution >= 0.6 is 37.2 Å². The van der Waals surface area contributed by atoms with Crippen molar-refractivity contribution < 1.29 is 10.2 Å². The molecule has 1 aliphatic rings. The summed E-state index contributed by atoms with van der Waals surface area (Å²) in [5, 5.41) is 21.5. The average Bonchev–Trinajstić information content (AvgIpc) is 2.07. The molecule has 5 nitrogen and oxygen atoms in total. The Balaban J connectivity index is -0.000000403. The van der Waals surface area contributed by atoms with Gasteiger partial charge < -0.3 is 27.0 Å². The summed E-state index contributed by atoms with van der Waals surface area (Å²) in [6, 6.07) is -0.864. The van der Waals surface area contributed by atoms with Gasteiger partial charge in [-0.2, -0.15) is 0 Å². The molecule has 0 unspecified atom stereocenters. The minimum atomic E-state index is -0.917. The van der Waals surface area contributed by atoms with Crippen LogP contribution in [-0.4, -0.2) is 47.6 Å². The summed E-state index contributed by atoms with van der Waals surface area (Å²) < 4.78 is 0. The lowest BCUT2D eigenvalue weighted by Crippen LogP contribution is -2.50. The molecule has 7 N–H and O–H groups in total. The average molecular weight is 271 g/mol. The maximum absolute atomic E-state index is 9.30. The summed E-state index contributed by atoms with van der Waals surface area (Å²) in [5.74, 6) is 0. The van der Waals surface area contributed by atoms with E-state index in [0.29, 0.717) is 13.1 Å². The summed E-state index contributed by atoms with van der Waals surface area (Å²) >= 11 is 0. The minimum absolute atomic E-state index is 0. The van der Waals surface area contributed by atoms with Crippen molar-refractivity contribution in [1.29, 1.82) is 0 Å². The van der Waals surface area contributed by atoms with E-state index in [2.05, 4.69) is 5.32 Å². The second-order valence-electron chi connectivity index (χ2n) is 2.97. The fourth-order valence-electron chi connectivity index (χ4n) is 1.16. The molecule has 0 aliphatic carbocycles. The first-order valence-electron chi connectivity index (χ1n) is 3.71. The highest BCUT2D eigenvalue weighted by molar-refractivity contribution is 5.86. The quantitative estimate of drug-likeness (QED) is 0.358. The predicted octanol–water partition coefficient (Wildman–Crippen LogP) is -1.77. The molecule has 8 heteroatoms. The van der Waals surface area contributed by atoms with Crippen LogP contribution in [0.2, 0.25) is 0 Å². The van der Waals surface area contributed by atoms with E-state index in [1.807, 2.05) is 0 Å². The van der Waals surface area contributed by atoms with Gasteiger partial charge >= 0.3 is 0 Å². The molecule has 4 atom stereocenters.